The summed E-state index contributed by atoms with van der Waals surface area (Å²) in [5, 5.41) is 11.1. The van der Waals surface area contributed by atoms with Gasteiger partial charge in [-0.1, -0.05) is 12.1 Å². The van der Waals surface area contributed by atoms with Crippen molar-refractivity contribution in [3.05, 3.63) is 138 Å². The minimum Gasteiger partial charge on any atom is -0.305 e. The monoisotopic (exact) mass is 900 g/mol. The SMILES string of the molecule is [2H]c1cc(C([2H])([2H])C(C)(C)C)cc(C([2H])([2H])[2H])c1-c1cc(-c2[c-]ccc3c2oc2cc(C#N)ccc23)nc[c]1[Ge]([CH3])([CH3])[CH3].[Ir].[c-]1ccccc1-c1ccccn1. The van der Waals surface area contributed by atoms with Gasteiger partial charge in [-0.3, -0.25) is 0 Å². The molecule has 0 aliphatic carbocycles. The van der Waals surface area contributed by atoms with Gasteiger partial charge in [-0.05, 0) is 11.8 Å². The molecule has 253 valence electrons. The Bertz CT molecular complexity index is 2520. The number of furan rings is 1. The maximum absolute atomic E-state index is 9.36. The van der Waals surface area contributed by atoms with Crippen molar-refractivity contribution in [2.24, 2.45) is 5.41 Å². The third-order valence-corrected chi connectivity index (χ3v) is 12.1. The summed E-state index contributed by atoms with van der Waals surface area (Å²) in [6.45, 7) is 2.69. The first-order valence-corrected chi connectivity index (χ1v) is 23.5. The summed E-state index contributed by atoms with van der Waals surface area (Å²) in [7, 11) is 0. The minimum absolute atomic E-state index is 0. The number of aryl methyl sites for hydroxylation is 1. The summed E-state index contributed by atoms with van der Waals surface area (Å²) in [5.74, 6) is 6.55. The third kappa shape index (κ3) is 8.33. The molecule has 50 heavy (non-hydrogen) atoms. The van der Waals surface area contributed by atoms with Crippen molar-refractivity contribution in [2.45, 2.75) is 51.3 Å². The molecule has 0 saturated carbocycles. The maximum atomic E-state index is 9.36. The van der Waals surface area contributed by atoms with E-state index in [1.165, 1.54) is 12.1 Å². The third-order valence-electron chi connectivity index (χ3n) is 7.91. The smallest absolute Gasteiger partial charge is 0.0160 e. The molecule has 0 aliphatic heterocycles. The molecular weight excluding hydrogens is 851 g/mol. The Morgan fingerprint density at radius 1 is 0.900 bits per heavy atom. The second-order valence-electron chi connectivity index (χ2n) is 13.9. The number of fused-ring (bicyclic) bond motifs is 3. The van der Waals surface area contributed by atoms with Crippen molar-refractivity contribution in [2.75, 3.05) is 0 Å². The fourth-order valence-electron chi connectivity index (χ4n) is 5.70. The van der Waals surface area contributed by atoms with Gasteiger partial charge in [0.1, 0.15) is 0 Å². The molecule has 1 radical (unpaired) electrons. The topological polar surface area (TPSA) is 62.7 Å². The molecule has 3 aromatic heterocycles. The molecular formula is C44H41GeIrN3O-2. The number of nitrogens with zero attached hydrogens (tertiary/aromatic N) is 3. The first kappa shape index (κ1) is 29.4. The van der Waals surface area contributed by atoms with Crippen LogP contribution in [0.2, 0.25) is 17.3 Å². The van der Waals surface area contributed by atoms with E-state index in [-0.39, 0.29) is 42.8 Å². The van der Waals surface area contributed by atoms with E-state index >= 15 is 0 Å². The van der Waals surface area contributed by atoms with Crippen LogP contribution < -0.4 is 4.40 Å². The van der Waals surface area contributed by atoms with Crippen molar-refractivity contribution in [3.8, 4) is 39.7 Å². The van der Waals surface area contributed by atoms with Crippen LogP contribution in [0.5, 0.6) is 0 Å². The molecule has 0 bridgehead atoms. The number of hydrogen-bond donors (Lipinski definition) is 0. The van der Waals surface area contributed by atoms with Gasteiger partial charge in [0.2, 0.25) is 0 Å². The van der Waals surface area contributed by atoms with Crippen molar-refractivity contribution in [3.63, 3.8) is 0 Å². The molecule has 0 amide bonds. The van der Waals surface area contributed by atoms with Crippen LogP contribution in [0.15, 0.2) is 114 Å². The number of rotatable bonds is 5. The largest absolute Gasteiger partial charge is 0.305 e. The standard InChI is InChI=1S/C33H33GeN2O.C11H8N.Ir/c1-21-15-22(18-33(2,3)4)11-13-24(21)28-17-30(36-20-29(28)34(5,6)7)27-10-8-9-26-25-14-12-23(19-35)16-31(25)37-32(26)27;1-2-6-10(7-3-1)11-8-4-5-9-12-11;/h8-9,11-17,20H,18H2,1-7H3;1-6,8-9H;/q2*-1;/i1D3,13D,18D2;;. The fourth-order valence-corrected chi connectivity index (χ4v) is 8.75. The van der Waals surface area contributed by atoms with E-state index in [1.807, 2.05) is 60.7 Å². The van der Waals surface area contributed by atoms with E-state index in [4.69, 9.17) is 17.6 Å². The van der Waals surface area contributed by atoms with E-state index in [0.717, 1.165) is 26.4 Å². The average Bonchev–Trinajstić information content (AvgIpc) is 3.52. The van der Waals surface area contributed by atoms with E-state index in [1.54, 1.807) is 51.4 Å². The Morgan fingerprint density at radius 2 is 1.72 bits per heavy atom. The summed E-state index contributed by atoms with van der Waals surface area (Å²) in [6.07, 6.45) is 1.71. The van der Waals surface area contributed by atoms with E-state index < -0.39 is 31.9 Å². The molecule has 0 aliphatic rings. The van der Waals surface area contributed by atoms with Crippen molar-refractivity contribution < 1.29 is 32.7 Å². The summed E-state index contributed by atoms with van der Waals surface area (Å²) in [4.78, 5) is 9.03. The van der Waals surface area contributed by atoms with Crippen LogP contribution in [-0.2, 0) is 26.5 Å². The molecule has 0 saturated heterocycles. The number of pyridine rings is 2. The predicted octanol–water partition coefficient (Wildman–Crippen LogP) is 11.0. The zero-order chi connectivity index (χ0) is 39.9. The molecule has 0 unspecified atom stereocenters. The summed E-state index contributed by atoms with van der Waals surface area (Å²) in [6, 6.07) is 35.8. The van der Waals surface area contributed by atoms with E-state index in [2.05, 4.69) is 40.5 Å². The summed E-state index contributed by atoms with van der Waals surface area (Å²) >= 11 is -2.71. The summed E-state index contributed by atoms with van der Waals surface area (Å²) in [5.41, 5.74) is 4.89. The molecule has 6 heteroatoms. The van der Waals surface area contributed by atoms with Crippen LogP contribution in [0.1, 0.15) is 45.7 Å². The zero-order valence-corrected chi connectivity index (χ0v) is 33.4. The van der Waals surface area contributed by atoms with Crippen molar-refractivity contribution in [1.29, 1.82) is 5.26 Å². The van der Waals surface area contributed by atoms with Crippen LogP contribution in [0.3, 0.4) is 0 Å². The quantitative estimate of drug-likeness (QED) is 0.128. The molecule has 4 aromatic carbocycles. The van der Waals surface area contributed by atoms with Gasteiger partial charge < -0.3 is 4.98 Å². The Kier molecular flexibility index (Phi) is 8.98. The molecule has 7 aromatic rings. The Morgan fingerprint density at radius 3 is 2.40 bits per heavy atom. The van der Waals surface area contributed by atoms with Crippen molar-refractivity contribution in [1.82, 2.24) is 9.97 Å². The van der Waals surface area contributed by atoms with Gasteiger partial charge in [0.15, 0.2) is 0 Å². The summed E-state index contributed by atoms with van der Waals surface area (Å²) < 4.78 is 59.2. The van der Waals surface area contributed by atoms with Gasteiger partial charge in [0, 0.05) is 26.3 Å². The van der Waals surface area contributed by atoms with Crippen LogP contribution in [0.4, 0.5) is 0 Å². The van der Waals surface area contributed by atoms with Crippen LogP contribution in [0, 0.1) is 35.7 Å². The number of aromatic nitrogens is 2. The molecule has 0 atom stereocenters. The Balaban J connectivity index is 0.000000391. The maximum Gasteiger partial charge on any atom is 0.0160 e. The fraction of sp³-hybridized carbons (Fsp3) is 0.205. The van der Waals surface area contributed by atoms with Crippen LogP contribution in [0.25, 0.3) is 55.6 Å². The van der Waals surface area contributed by atoms with Gasteiger partial charge in [-0.2, -0.15) is 0 Å². The van der Waals surface area contributed by atoms with E-state index in [0.29, 0.717) is 33.6 Å². The first-order valence-electron chi connectivity index (χ1n) is 19.1. The molecule has 4 nitrogen and oxygen atoms in total. The molecule has 0 spiro atoms. The second-order valence-corrected chi connectivity index (χ2v) is 24.5. The van der Waals surface area contributed by atoms with Gasteiger partial charge >= 0.3 is 231 Å². The molecule has 3 heterocycles. The zero-order valence-electron chi connectivity index (χ0n) is 34.9. The van der Waals surface area contributed by atoms with Gasteiger partial charge in [-0.25, -0.2) is 0 Å². The van der Waals surface area contributed by atoms with E-state index in [9.17, 15) is 5.26 Å². The van der Waals surface area contributed by atoms with Crippen LogP contribution >= 0.6 is 0 Å². The van der Waals surface area contributed by atoms with Gasteiger partial charge in [0.05, 0.1) is 0 Å². The number of nitriles is 1. The Hall–Kier alpha value is -4.34. The van der Waals surface area contributed by atoms with Gasteiger partial charge in [-0.15, -0.1) is 35.9 Å². The number of hydrogen-bond acceptors (Lipinski definition) is 4. The normalized spacial score (nSPS) is 13.7. The molecule has 0 N–H and O–H groups in total. The second kappa shape index (κ2) is 15.3. The van der Waals surface area contributed by atoms with Gasteiger partial charge in [0.25, 0.3) is 0 Å². The molecule has 0 fully saturated rings. The first-order chi connectivity index (χ1) is 25.8. The minimum atomic E-state index is -2.71. The number of benzene rings is 4. The van der Waals surface area contributed by atoms with Crippen molar-refractivity contribution >= 4 is 39.6 Å². The average molecular weight is 899 g/mol. The Labute approximate surface area is 320 Å². The molecule has 7 rings (SSSR count). The van der Waals surface area contributed by atoms with Crippen LogP contribution in [-0.4, -0.2) is 23.2 Å². The predicted molar refractivity (Wildman–Crippen MR) is 205 cm³/mol.